The zero-order valence-electron chi connectivity index (χ0n) is 18.3. The van der Waals surface area contributed by atoms with E-state index >= 15 is 0 Å². The van der Waals surface area contributed by atoms with Gasteiger partial charge < -0.3 is 14.7 Å². The molecule has 3 rings (SSSR count). The average Bonchev–Trinajstić information content (AvgIpc) is 2.74. The molecule has 0 amide bonds. The van der Waals surface area contributed by atoms with E-state index in [9.17, 15) is 13.5 Å². The van der Waals surface area contributed by atoms with Gasteiger partial charge in [0.05, 0.1) is 6.61 Å². The van der Waals surface area contributed by atoms with Crippen molar-refractivity contribution >= 4 is 10.0 Å². The molecule has 2 heterocycles. The van der Waals surface area contributed by atoms with E-state index < -0.39 is 16.1 Å². The summed E-state index contributed by atoms with van der Waals surface area (Å²) in [4.78, 5) is 6.29. The lowest BCUT2D eigenvalue weighted by atomic mass is 10.0. The van der Waals surface area contributed by atoms with Gasteiger partial charge in [0, 0.05) is 36.8 Å². The van der Waals surface area contributed by atoms with Crippen molar-refractivity contribution in [2.24, 2.45) is 5.92 Å². The first-order valence-corrected chi connectivity index (χ1v) is 11.7. The maximum atomic E-state index is 13.4. The molecule has 0 bridgehead atoms. The first kappa shape index (κ1) is 23.2. The van der Waals surface area contributed by atoms with E-state index in [1.165, 1.54) is 10.4 Å². The number of rotatable bonds is 4. The number of hydrogen-bond donors (Lipinski definition) is 1. The summed E-state index contributed by atoms with van der Waals surface area (Å²) >= 11 is 0. The molecule has 8 heteroatoms. The number of ether oxygens (including phenoxy) is 1. The topological polar surface area (TPSA) is 83.0 Å². The SMILES string of the molecule is C[C@H]1CN([C@@H](C)CO)S(=O)(=O)c2ccc(C#Cc3ccccn3)cc2O[C@H]1CN(C)C. The highest BCUT2D eigenvalue weighted by Crippen LogP contribution is 2.34. The van der Waals surface area contributed by atoms with E-state index in [-0.39, 0.29) is 35.8 Å². The molecule has 0 aliphatic carbocycles. The third-order valence-corrected chi connectivity index (χ3v) is 7.23. The van der Waals surface area contributed by atoms with Crippen LogP contribution in [-0.2, 0) is 10.0 Å². The number of sulfonamides is 1. The first-order valence-electron chi connectivity index (χ1n) is 10.2. The molecule has 0 saturated carbocycles. The van der Waals surface area contributed by atoms with Crippen LogP contribution in [0.4, 0.5) is 0 Å². The van der Waals surface area contributed by atoms with Crippen LogP contribution >= 0.6 is 0 Å². The van der Waals surface area contributed by atoms with E-state index in [2.05, 4.69) is 16.8 Å². The van der Waals surface area contributed by atoms with Crippen molar-refractivity contribution in [2.75, 3.05) is 33.8 Å². The van der Waals surface area contributed by atoms with E-state index in [1.54, 1.807) is 25.3 Å². The molecule has 1 aliphatic rings. The summed E-state index contributed by atoms with van der Waals surface area (Å²) in [5, 5.41) is 9.68. The Morgan fingerprint density at radius 3 is 2.71 bits per heavy atom. The maximum absolute atomic E-state index is 13.4. The maximum Gasteiger partial charge on any atom is 0.247 e. The number of benzene rings is 1. The van der Waals surface area contributed by atoms with Crippen molar-refractivity contribution in [1.82, 2.24) is 14.2 Å². The Balaban J connectivity index is 2.08. The van der Waals surface area contributed by atoms with Crippen LogP contribution in [0.1, 0.15) is 25.1 Å². The van der Waals surface area contributed by atoms with Gasteiger partial charge in [0.2, 0.25) is 10.0 Å². The highest BCUT2D eigenvalue weighted by Gasteiger charge is 2.37. The number of pyridine rings is 1. The van der Waals surface area contributed by atoms with Crippen molar-refractivity contribution in [1.29, 1.82) is 0 Å². The molecule has 0 radical (unpaired) electrons. The zero-order valence-corrected chi connectivity index (χ0v) is 19.1. The third-order valence-electron chi connectivity index (χ3n) is 5.21. The lowest BCUT2D eigenvalue weighted by Gasteiger charge is -2.37. The molecule has 3 atom stereocenters. The number of aromatic nitrogens is 1. The quantitative estimate of drug-likeness (QED) is 0.726. The standard InChI is InChI=1S/C23H29N3O4S/c1-17-14-26(18(2)16-27)31(28,29)23-11-9-19(8-10-20-7-5-6-12-24-20)13-21(23)30-22(17)15-25(3)4/h5-7,9,11-13,17-18,22,27H,14-16H2,1-4H3/t17-,18-,22-/m0/s1. The molecule has 1 N–H and O–H groups in total. The van der Waals surface area contributed by atoms with Crippen molar-refractivity contribution in [3.8, 4) is 17.6 Å². The summed E-state index contributed by atoms with van der Waals surface area (Å²) in [5.41, 5.74) is 1.27. The minimum Gasteiger partial charge on any atom is -0.487 e. The van der Waals surface area contributed by atoms with Gasteiger partial charge in [-0.15, -0.1) is 0 Å². The largest absolute Gasteiger partial charge is 0.487 e. The molecule has 2 aromatic rings. The molecule has 1 aromatic carbocycles. The van der Waals surface area contributed by atoms with E-state index in [4.69, 9.17) is 4.74 Å². The van der Waals surface area contributed by atoms with Gasteiger partial charge in [-0.2, -0.15) is 4.31 Å². The number of aliphatic hydroxyl groups is 1. The Bertz CT molecular complexity index is 1060. The number of aliphatic hydroxyl groups excluding tert-OH is 1. The van der Waals surface area contributed by atoms with Gasteiger partial charge in [0.1, 0.15) is 22.4 Å². The molecule has 1 aliphatic heterocycles. The lowest BCUT2D eigenvalue weighted by molar-refractivity contribution is 0.0812. The molecule has 0 spiro atoms. The van der Waals surface area contributed by atoms with Gasteiger partial charge in [-0.05, 0) is 57.3 Å². The number of fused-ring (bicyclic) bond motifs is 1. The fourth-order valence-electron chi connectivity index (χ4n) is 3.45. The molecular formula is C23H29N3O4S. The zero-order chi connectivity index (χ0) is 22.6. The summed E-state index contributed by atoms with van der Waals surface area (Å²) in [6.45, 7) is 4.32. The molecule has 166 valence electrons. The lowest BCUT2D eigenvalue weighted by Crippen LogP contribution is -2.49. The predicted molar refractivity (Wildman–Crippen MR) is 119 cm³/mol. The second-order valence-electron chi connectivity index (χ2n) is 8.13. The average molecular weight is 444 g/mol. The summed E-state index contributed by atoms with van der Waals surface area (Å²) < 4.78 is 34.5. The van der Waals surface area contributed by atoms with Gasteiger partial charge in [-0.25, -0.2) is 13.4 Å². The van der Waals surface area contributed by atoms with Gasteiger partial charge in [-0.3, -0.25) is 0 Å². The van der Waals surface area contributed by atoms with Gasteiger partial charge in [0.15, 0.2) is 0 Å². The van der Waals surface area contributed by atoms with Crippen molar-refractivity contribution in [3.05, 3.63) is 53.9 Å². The fraction of sp³-hybridized carbons (Fsp3) is 0.435. The van der Waals surface area contributed by atoms with E-state index in [1.807, 2.05) is 44.1 Å². The smallest absolute Gasteiger partial charge is 0.247 e. The van der Waals surface area contributed by atoms with Crippen LogP contribution in [0.25, 0.3) is 0 Å². The summed E-state index contributed by atoms with van der Waals surface area (Å²) in [5.74, 6) is 6.22. The first-order chi connectivity index (χ1) is 14.7. The second kappa shape index (κ2) is 9.79. The van der Waals surface area contributed by atoms with Crippen LogP contribution in [0.15, 0.2) is 47.5 Å². The van der Waals surface area contributed by atoms with Gasteiger partial charge >= 0.3 is 0 Å². The Morgan fingerprint density at radius 1 is 1.29 bits per heavy atom. The molecule has 1 aromatic heterocycles. The Labute approximate surface area is 184 Å². The summed E-state index contributed by atoms with van der Waals surface area (Å²) in [6, 6.07) is 9.83. The van der Waals surface area contributed by atoms with Crippen LogP contribution in [-0.4, -0.2) is 73.7 Å². The van der Waals surface area contributed by atoms with Crippen LogP contribution in [0.5, 0.6) is 5.75 Å². The van der Waals surface area contributed by atoms with Crippen molar-refractivity contribution in [3.63, 3.8) is 0 Å². The minimum atomic E-state index is -3.85. The predicted octanol–water partition coefficient (Wildman–Crippen LogP) is 1.81. The molecule has 0 saturated heterocycles. The highest BCUT2D eigenvalue weighted by atomic mass is 32.2. The highest BCUT2D eigenvalue weighted by molar-refractivity contribution is 7.89. The van der Waals surface area contributed by atoms with Crippen LogP contribution in [0.3, 0.4) is 0 Å². The fourth-order valence-corrected chi connectivity index (χ4v) is 5.28. The Morgan fingerprint density at radius 2 is 2.06 bits per heavy atom. The molecular weight excluding hydrogens is 414 g/mol. The van der Waals surface area contributed by atoms with Crippen LogP contribution < -0.4 is 4.74 Å². The van der Waals surface area contributed by atoms with Crippen LogP contribution in [0, 0.1) is 17.8 Å². The van der Waals surface area contributed by atoms with Crippen molar-refractivity contribution < 1.29 is 18.3 Å². The number of hydrogen-bond acceptors (Lipinski definition) is 6. The monoisotopic (exact) mass is 443 g/mol. The third kappa shape index (κ3) is 5.43. The molecule has 0 fully saturated rings. The van der Waals surface area contributed by atoms with E-state index in [0.717, 1.165) is 0 Å². The molecule has 7 nitrogen and oxygen atoms in total. The Hall–Kier alpha value is -2.44. The van der Waals surface area contributed by atoms with Gasteiger partial charge in [0.25, 0.3) is 0 Å². The minimum absolute atomic E-state index is 0.0809. The molecule has 0 unspecified atom stereocenters. The molecule has 31 heavy (non-hydrogen) atoms. The number of likely N-dealkylation sites (N-methyl/N-ethyl adjacent to an activating group) is 1. The summed E-state index contributed by atoms with van der Waals surface area (Å²) in [7, 11) is 0.0590. The Kier molecular flexibility index (Phi) is 7.34. The van der Waals surface area contributed by atoms with Gasteiger partial charge in [-0.1, -0.05) is 18.9 Å². The summed E-state index contributed by atoms with van der Waals surface area (Å²) in [6.07, 6.45) is 1.45. The van der Waals surface area contributed by atoms with Crippen molar-refractivity contribution in [2.45, 2.75) is 30.9 Å². The second-order valence-corrected chi connectivity index (χ2v) is 9.99. The van der Waals surface area contributed by atoms with E-state index in [0.29, 0.717) is 17.8 Å². The number of nitrogens with zero attached hydrogens (tertiary/aromatic N) is 3. The normalized spacial score (nSPS) is 21.7. The van der Waals surface area contributed by atoms with Crippen LogP contribution in [0.2, 0.25) is 0 Å².